The van der Waals surface area contributed by atoms with E-state index in [4.69, 9.17) is 19.3 Å². The van der Waals surface area contributed by atoms with Gasteiger partial charge in [0.05, 0.1) is 7.11 Å². The predicted octanol–water partition coefficient (Wildman–Crippen LogP) is 1.35. The second-order valence-corrected chi connectivity index (χ2v) is 3.31. The van der Waals surface area contributed by atoms with Crippen molar-refractivity contribution in [2.75, 3.05) is 20.5 Å². The van der Waals surface area contributed by atoms with Gasteiger partial charge in [-0.1, -0.05) is 0 Å². The van der Waals surface area contributed by atoms with E-state index < -0.39 is 0 Å². The molecule has 1 aromatic rings. The number of methoxy groups -OCH3 is 1. The van der Waals surface area contributed by atoms with E-state index in [0.29, 0.717) is 6.42 Å². The number of ether oxygens (including phenoxy) is 3. The molecule has 0 radical (unpaired) electrons. The zero-order valence-electron chi connectivity index (χ0n) is 8.66. The first kappa shape index (κ1) is 10.1. The molecule has 0 atom stereocenters. The van der Waals surface area contributed by atoms with Gasteiger partial charge in [0.2, 0.25) is 6.79 Å². The molecule has 15 heavy (non-hydrogen) atoms. The van der Waals surface area contributed by atoms with Gasteiger partial charge in [-0.3, -0.25) is 0 Å². The molecule has 0 saturated carbocycles. The average molecular weight is 210 g/mol. The van der Waals surface area contributed by atoms with Gasteiger partial charge in [-0.25, -0.2) is 0 Å². The van der Waals surface area contributed by atoms with E-state index in [9.17, 15) is 0 Å². The molecule has 82 valence electrons. The first-order valence-corrected chi connectivity index (χ1v) is 4.93. The summed E-state index contributed by atoms with van der Waals surface area (Å²) in [5, 5.41) is 8.83. The minimum absolute atomic E-state index is 0.160. The largest absolute Gasteiger partial charge is 0.496 e. The molecule has 0 unspecified atom stereocenters. The van der Waals surface area contributed by atoms with Crippen LogP contribution in [0.4, 0.5) is 0 Å². The van der Waals surface area contributed by atoms with Gasteiger partial charge in [0, 0.05) is 12.2 Å². The van der Waals surface area contributed by atoms with Gasteiger partial charge in [0.15, 0.2) is 11.5 Å². The van der Waals surface area contributed by atoms with Crippen LogP contribution in [0.2, 0.25) is 0 Å². The van der Waals surface area contributed by atoms with E-state index in [1.165, 1.54) is 0 Å². The quantitative estimate of drug-likeness (QED) is 0.814. The van der Waals surface area contributed by atoms with E-state index >= 15 is 0 Å². The zero-order valence-corrected chi connectivity index (χ0v) is 8.66. The third kappa shape index (κ3) is 1.85. The average Bonchev–Trinajstić information content (AvgIpc) is 2.73. The molecule has 1 aliphatic rings. The molecule has 0 fully saturated rings. The minimum atomic E-state index is 0.160. The van der Waals surface area contributed by atoms with Crippen molar-refractivity contribution < 1.29 is 19.3 Å². The number of fused-ring (bicyclic) bond motifs is 1. The highest BCUT2D eigenvalue weighted by molar-refractivity contribution is 5.55. The van der Waals surface area contributed by atoms with E-state index in [2.05, 4.69) is 0 Å². The highest BCUT2D eigenvalue weighted by atomic mass is 16.7. The lowest BCUT2D eigenvalue weighted by Gasteiger charge is -2.10. The van der Waals surface area contributed by atoms with Crippen LogP contribution < -0.4 is 14.2 Å². The van der Waals surface area contributed by atoms with E-state index in [1.807, 2.05) is 12.1 Å². The molecular formula is C11H14O4. The topological polar surface area (TPSA) is 47.9 Å². The van der Waals surface area contributed by atoms with Crippen molar-refractivity contribution in [3.8, 4) is 17.2 Å². The van der Waals surface area contributed by atoms with Gasteiger partial charge in [-0.15, -0.1) is 0 Å². The number of aliphatic hydroxyl groups excluding tert-OH is 1. The van der Waals surface area contributed by atoms with Crippen molar-refractivity contribution in [2.45, 2.75) is 12.8 Å². The Morgan fingerprint density at radius 3 is 3.00 bits per heavy atom. The number of hydrogen-bond donors (Lipinski definition) is 1. The van der Waals surface area contributed by atoms with Crippen molar-refractivity contribution >= 4 is 0 Å². The molecule has 1 heterocycles. The molecule has 0 bridgehead atoms. The Morgan fingerprint density at radius 1 is 1.40 bits per heavy atom. The van der Waals surface area contributed by atoms with Crippen LogP contribution in [-0.2, 0) is 6.42 Å². The molecule has 0 saturated heterocycles. The van der Waals surface area contributed by atoms with Gasteiger partial charge in [-0.05, 0) is 25.0 Å². The molecule has 0 spiro atoms. The van der Waals surface area contributed by atoms with Crippen molar-refractivity contribution in [1.82, 2.24) is 0 Å². The Balaban J connectivity index is 2.34. The van der Waals surface area contributed by atoms with Crippen LogP contribution in [0.25, 0.3) is 0 Å². The molecule has 1 aromatic carbocycles. The SMILES string of the molecule is COc1ccc2c(c1CCCO)OCO2. The van der Waals surface area contributed by atoms with Crippen molar-refractivity contribution in [3.05, 3.63) is 17.7 Å². The Morgan fingerprint density at radius 2 is 2.27 bits per heavy atom. The van der Waals surface area contributed by atoms with Crippen LogP contribution in [0.3, 0.4) is 0 Å². The Bertz CT molecular complexity index is 349. The molecular weight excluding hydrogens is 196 g/mol. The molecule has 2 rings (SSSR count). The second-order valence-electron chi connectivity index (χ2n) is 3.31. The lowest BCUT2D eigenvalue weighted by molar-refractivity contribution is 0.173. The lowest BCUT2D eigenvalue weighted by atomic mass is 10.1. The summed E-state index contributed by atoms with van der Waals surface area (Å²) >= 11 is 0. The molecule has 4 heteroatoms. The fraction of sp³-hybridized carbons (Fsp3) is 0.455. The minimum Gasteiger partial charge on any atom is -0.496 e. The van der Waals surface area contributed by atoms with Crippen LogP contribution in [0.15, 0.2) is 12.1 Å². The third-order valence-corrected chi connectivity index (χ3v) is 2.40. The van der Waals surface area contributed by atoms with Crippen LogP contribution in [0.1, 0.15) is 12.0 Å². The normalized spacial score (nSPS) is 12.9. The van der Waals surface area contributed by atoms with E-state index in [-0.39, 0.29) is 13.4 Å². The van der Waals surface area contributed by atoms with Crippen molar-refractivity contribution in [3.63, 3.8) is 0 Å². The zero-order chi connectivity index (χ0) is 10.7. The highest BCUT2D eigenvalue weighted by Crippen LogP contribution is 2.41. The maximum Gasteiger partial charge on any atom is 0.231 e. The van der Waals surface area contributed by atoms with Gasteiger partial charge >= 0.3 is 0 Å². The van der Waals surface area contributed by atoms with Crippen LogP contribution in [0, 0.1) is 0 Å². The molecule has 0 amide bonds. The molecule has 0 aliphatic carbocycles. The maximum absolute atomic E-state index is 8.83. The maximum atomic E-state index is 8.83. The fourth-order valence-electron chi connectivity index (χ4n) is 1.70. The summed E-state index contributed by atoms with van der Waals surface area (Å²) in [6.07, 6.45) is 1.42. The molecule has 1 aliphatic heterocycles. The molecule has 4 nitrogen and oxygen atoms in total. The van der Waals surface area contributed by atoms with Gasteiger partial charge in [0.25, 0.3) is 0 Å². The summed E-state index contributed by atoms with van der Waals surface area (Å²) in [5.41, 5.74) is 0.974. The summed E-state index contributed by atoms with van der Waals surface area (Å²) in [7, 11) is 1.62. The van der Waals surface area contributed by atoms with Crippen molar-refractivity contribution in [1.29, 1.82) is 0 Å². The van der Waals surface area contributed by atoms with E-state index in [1.54, 1.807) is 7.11 Å². The summed E-state index contributed by atoms with van der Waals surface area (Å²) in [6.45, 7) is 0.419. The number of aliphatic hydroxyl groups is 1. The summed E-state index contributed by atoms with van der Waals surface area (Å²) in [5.74, 6) is 2.29. The standard InChI is InChI=1S/C11H14O4/c1-13-9-4-5-10-11(15-7-14-10)8(9)3-2-6-12/h4-5,12H,2-3,6-7H2,1H3. The Kier molecular flexibility index (Phi) is 2.97. The number of rotatable bonds is 4. The lowest BCUT2D eigenvalue weighted by Crippen LogP contribution is -1.98. The van der Waals surface area contributed by atoms with Gasteiger partial charge in [0.1, 0.15) is 5.75 Å². The number of hydrogen-bond acceptors (Lipinski definition) is 4. The third-order valence-electron chi connectivity index (χ3n) is 2.40. The summed E-state index contributed by atoms with van der Waals surface area (Å²) in [6, 6.07) is 3.70. The molecule has 0 aromatic heterocycles. The van der Waals surface area contributed by atoms with Crippen molar-refractivity contribution in [2.24, 2.45) is 0 Å². The van der Waals surface area contributed by atoms with Gasteiger partial charge in [-0.2, -0.15) is 0 Å². The Labute approximate surface area is 88.4 Å². The highest BCUT2D eigenvalue weighted by Gasteiger charge is 2.20. The smallest absolute Gasteiger partial charge is 0.231 e. The second kappa shape index (κ2) is 4.40. The van der Waals surface area contributed by atoms with Crippen LogP contribution in [0.5, 0.6) is 17.2 Å². The summed E-state index contributed by atoms with van der Waals surface area (Å²) in [4.78, 5) is 0. The monoisotopic (exact) mass is 210 g/mol. The van der Waals surface area contributed by atoms with Crippen LogP contribution >= 0.6 is 0 Å². The summed E-state index contributed by atoms with van der Waals surface area (Å²) < 4.78 is 15.9. The predicted molar refractivity (Wildman–Crippen MR) is 54.5 cm³/mol. The van der Waals surface area contributed by atoms with Crippen LogP contribution in [-0.4, -0.2) is 25.6 Å². The first-order valence-electron chi connectivity index (χ1n) is 4.93. The Hall–Kier alpha value is -1.42. The number of benzene rings is 1. The first-order chi connectivity index (χ1) is 7.36. The van der Waals surface area contributed by atoms with E-state index in [0.717, 1.165) is 29.2 Å². The van der Waals surface area contributed by atoms with Gasteiger partial charge < -0.3 is 19.3 Å². The molecule has 1 N–H and O–H groups in total. The fourth-order valence-corrected chi connectivity index (χ4v) is 1.70.